The number of hydrogen-bond donors (Lipinski definition) is 1. The molecule has 2 heterocycles. The summed E-state index contributed by atoms with van der Waals surface area (Å²) in [7, 11) is 0. The quantitative estimate of drug-likeness (QED) is 0.711. The number of pyridine rings is 1. The molecule has 4 nitrogen and oxygen atoms in total. The maximum atomic E-state index is 11.9. The van der Waals surface area contributed by atoms with Gasteiger partial charge in [-0.2, -0.15) is 0 Å². The molecule has 0 bridgehead atoms. The van der Waals surface area contributed by atoms with E-state index >= 15 is 0 Å². The predicted molar refractivity (Wildman–Crippen MR) is 60.7 cm³/mol. The normalized spacial score (nSPS) is 17.8. The van der Waals surface area contributed by atoms with E-state index in [-0.39, 0.29) is 5.91 Å². The van der Waals surface area contributed by atoms with Gasteiger partial charge in [0.1, 0.15) is 5.69 Å². The van der Waals surface area contributed by atoms with Crippen molar-refractivity contribution in [3.8, 4) is 0 Å². The SMILES string of the molecule is O=C(c1ccccn1)N1CCN(S)CC1. The lowest BCUT2D eigenvalue weighted by Gasteiger charge is -2.31. The van der Waals surface area contributed by atoms with Gasteiger partial charge in [-0.15, -0.1) is 0 Å². The van der Waals surface area contributed by atoms with Crippen molar-refractivity contribution >= 4 is 18.7 Å². The van der Waals surface area contributed by atoms with Crippen LogP contribution in [0.5, 0.6) is 0 Å². The average molecular weight is 223 g/mol. The second-order valence-electron chi connectivity index (χ2n) is 3.46. The van der Waals surface area contributed by atoms with Crippen molar-refractivity contribution in [2.45, 2.75) is 0 Å². The molecule has 1 aliphatic heterocycles. The Hall–Kier alpha value is -1.07. The zero-order valence-corrected chi connectivity index (χ0v) is 9.23. The van der Waals surface area contributed by atoms with Crippen molar-refractivity contribution in [3.05, 3.63) is 30.1 Å². The van der Waals surface area contributed by atoms with E-state index in [9.17, 15) is 4.79 Å². The van der Waals surface area contributed by atoms with Crippen LogP contribution in [-0.4, -0.2) is 46.3 Å². The minimum absolute atomic E-state index is 0.0111. The molecule has 1 saturated heterocycles. The highest BCUT2D eigenvalue weighted by Crippen LogP contribution is 2.07. The van der Waals surface area contributed by atoms with E-state index < -0.39 is 0 Å². The van der Waals surface area contributed by atoms with Gasteiger partial charge in [-0.05, 0) is 12.1 Å². The molecule has 1 aromatic rings. The minimum atomic E-state index is 0.0111. The molecule has 0 unspecified atom stereocenters. The van der Waals surface area contributed by atoms with Gasteiger partial charge in [0.15, 0.2) is 0 Å². The molecule has 0 saturated carbocycles. The number of carbonyl (C=O) groups is 1. The Morgan fingerprint density at radius 1 is 1.27 bits per heavy atom. The van der Waals surface area contributed by atoms with E-state index in [1.807, 2.05) is 21.3 Å². The number of rotatable bonds is 1. The number of piperazine rings is 1. The Morgan fingerprint density at radius 2 is 2.00 bits per heavy atom. The number of hydrogen-bond acceptors (Lipinski definition) is 4. The van der Waals surface area contributed by atoms with Gasteiger partial charge in [-0.3, -0.25) is 9.78 Å². The van der Waals surface area contributed by atoms with Crippen LogP contribution in [0.2, 0.25) is 0 Å². The Morgan fingerprint density at radius 3 is 2.60 bits per heavy atom. The summed E-state index contributed by atoms with van der Waals surface area (Å²) in [6, 6.07) is 5.38. The third-order valence-electron chi connectivity index (χ3n) is 2.43. The van der Waals surface area contributed by atoms with Crippen LogP contribution in [-0.2, 0) is 0 Å². The standard InChI is InChI=1S/C10H13N3OS/c14-10(9-3-1-2-4-11-9)12-5-7-13(15)8-6-12/h1-4,15H,5-8H2. The molecular formula is C10H13N3OS. The Kier molecular flexibility index (Phi) is 3.23. The largest absolute Gasteiger partial charge is 0.335 e. The van der Waals surface area contributed by atoms with Gasteiger partial charge in [-0.25, -0.2) is 4.31 Å². The van der Waals surface area contributed by atoms with Crippen LogP contribution in [0.1, 0.15) is 10.5 Å². The van der Waals surface area contributed by atoms with Crippen molar-refractivity contribution in [2.24, 2.45) is 0 Å². The summed E-state index contributed by atoms with van der Waals surface area (Å²) in [5, 5.41) is 0. The van der Waals surface area contributed by atoms with Crippen LogP contribution in [0.15, 0.2) is 24.4 Å². The van der Waals surface area contributed by atoms with E-state index in [4.69, 9.17) is 0 Å². The number of carbonyl (C=O) groups excluding carboxylic acids is 1. The second kappa shape index (κ2) is 4.63. The maximum absolute atomic E-state index is 11.9. The molecule has 0 atom stereocenters. The molecule has 0 aliphatic carbocycles. The first-order chi connectivity index (χ1) is 7.27. The van der Waals surface area contributed by atoms with Crippen molar-refractivity contribution in [3.63, 3.8) is 0 Å². The summed E-state index contributed by atoms with van der Waals surface area (Å²) in [6.45, 7) is 3.06. The van der Waals surface area contributed by atoms with Gasteiger partial charge >= 0.3 is 0 Å². The summed E-state index contributed by atoms with van der Waals surface area (Å²) >= 11 is 4.24. The van der Waals surface area contributed by atoms with E-state index in [0.29, 0.717) is 5.69 Å². The van der Waals surface area contributed by atoms with Crippen LogP contribution in [0.4, 0.5) is 0 Å². The smallest absolute Gasteiger partial charge is 0.272 e. The van der Waals surface area contributed by atoms with Crippen LogP contribution in [0, 0.1) is 0 Å². The summed E-state index contributed by atoms with van der Waals surface area (Å²) in [5.41, 5.74) is 0.519. The lowest BCUT2D eigenvalue weighted by molar-refractivity contribution is 0.0699. The monoisotopic (exact) mass is 223 g/mol. The molecule has 0 radical (unpaired) electrons. The lowest BCUT2D eigenvalue weighted by Crippen LogP contribution is -2.45. The third kappa shape index (κ3) is 2.49. The van der Waals surface area contributed by atoms with Crippen molar-refractivity contribution in [1.29, 1.82) is 0 Å². The van der Waals surface area contributed by atoms with Crippen molar-refractivity contribution in [2.75, 3.05) is 26.2 Å². The van der Waals surface area contributed by atoms with E-state index in [2.05, 4.69) is 17.8 Å². The van der Waals surface area contributed by atoms with Crippen molar-refractivity contribution < 1.29 is 4.79 Å². The van der Waals surface area contributed by atoms with Crippen LogP contribution >= 0.6 is 12.8 Å². The number of thiol groups is 1. The highest BCUT2D eigenvalue weighted by atomic mass is 32.1. The average Bonchev–Trinajstić information content (AvgIpc) is 2.30. The van der Waals surface area contributed by atoms with Gasteiger partial charge in [0.2, 0.25) is 0 Å². The highest BCUT2D eigenvalue weighted by molar-refractivity contribution is 7.77. The van der Waals surface area contributed by atoms with Gasteiger partial charge < -0.3 is 4.90 Å². The molecule has 2 rings (SSSR count). The fourth-order valence-corrected chi connectivity index (χ4v) is 1.73. The summed E-state index contributed by atoms with van der Waals surface area (Å²) in [4.78, 5) is 17.8. The molecule has 1 aliphatic rings. The third-order valence-corrected chi connectivity index (χ3v) is 2.83. The van der Waals surface area contributed by atoms with Gasteiger partial charge in [0.05, 0.1) is 0 Å². The highest BCUT2D eigenvalue weighted by Gasteiger charge is 2.20. The lowest BCUT2D eigenvalue weighted by atomic mass is 10.3. The zero-order chi connectivity index (χ0) is 10.7. The molecule has 1 amide bonds. The Labute approximate surface area is 94.4 Å². The topological polar surface area (TPSA) is 36.4 Å². The van der Waals surface area contributed by atoms with Crippen LogP contribution < -0.4 is 0 Å². The molecule has 1 aromatic heterocycles. The van der Waals surface area contributed by atoms with Crippen LogP contribution in [0.25, 0.3) is 0 Å². The molecule has 5 heteroatoms. The zero-order valence-electron chi connectivity index (χ0n) is 8.33. The molecule has 0 spiro atoms. The fraction of sp³-hybridized carbons (Fsp3) is 0.400. The first kappa shape index (κ1) is 10.4. The molecule has 1 fully saturated rings. The number of amides is 1. The molecular weight excluding hydrogens is 210 g/mol. The van der Waals surface area contributed by atoms with Crippen LogP contribution in [0.3, 0.4) is 0 Å². The fourth-order valence-electron chi connectivity index (χ4n) is 1.55. The summed E-state index contributed by atoms with van der Waals surface area (Å²) < 4.78 is 1.92. The Bertz CT molecular complexity index is 336. The molecule has 15 heavy (non-hydrogen) atoms. The minimum Gasteiger partial charge on any atom is -0.335 e. The van der Waals surface area contributed by atoms with E-state index in [0.717, 1.165) is 26.2 Å². The molecule has 80 valence electrons. The van der Waals surface area contributed by atoms with Crippen molar-refractivity contribution in [1.82, 2.24) is 14.2 Å². The van der Waals surface area contributed by atoms with E-state index in [1.54, 1.807) is 12.3 Å². The summed E-state index contributed by atoms with van der Waals surface area (Å²) in [6.07, 6.45) is 1.64. The number of aromatic nitrogens is 1. The second-order valence-corrected chi connectivity index (χ2v) is 4.03. The number of nitrogens with zero attached hydrogens (tertiary/aromatic N) is 3. The van der Waals surface area contributed by atoms with Gasteiger partial charge in [-0.1, -0.05) is 18.9 Å². The predicted octanol–water partition coefficient (Wildman–Crippen LogP) is 0.684. The maximum Gasteiger partial charge on any atom is 0.272 e. The molecule has 0 aromatic carbocycles. The summed E-state index contributed by atoms with van der Waals surface area (Å²) in [5.74, 6) is 0.0111. The molecule has 0 N–H and O–H groups in total. The Balaban J connectivity index is 2.03. The van der Waals surface area contributed by atoms with E-state index in [1.165, 1.54) is 0 Å². The van der Waals surface area contributed by atoms with Gasteiger partial charge in [0, 0.05) is 32.4 Å². The first-order valence-electron chi connectivity index (χ1n) is 4.91. The van der Waals surface area contributed by atoms with Gasteiger partial charge in [0.25, 0.3) is 5.91 Å². The first-order valence-corrected chi connectivity index (χ1v) is 5.31.